The SMILES string of the molecule is CC(=O)OCC1=CCCC(C)(C)C1=O. The van der Waals surface area contributed by atoms with Crippen molar-refractivity contribution < 1.29 is 14.3 Å². The molecule has 0 spiro atoms. The van der Waals surface area contributed by atoms with E-state index in [0.717, 1.165) is 12.8 Å². The summed E-state index contributed by atoms with van der Waals surface area (Å²) in [6.45, 7) is 5.32. The van der Waals surface area contributed by atoms with E-state index >= 15 is 0 Å². The standard InChI is InChI=1S/C11H16O3/c1-8(12)14-7-9-5-4-6-11(2,3)10(9)13/h5H,4,6-7H2,1-3H3. The van der Waals surface area contributed by atoms with Crippen LogP contribution in [-0.2, 0) is 14.3 Å². The van der Waals surface area contributed by atoms with Gasteiger partial charge in [0.1, 0.15) is 6.61 Å². The fourth-order valence-electron chi connectivity index (χ4n) is 1.55. The second kappa shape index (κ2) is 3.95. The van der Waals surface area contributed by atoms with Crippen LogP contribution in [0.1, 0.15) is 33.6 Å². The highest BCUT2D eigenvalue weighted by atomic mass is 16.5. The summed E-state index contributed by atoms with van der Waals surface area (Å²) < 4.78 is 4.82. The van der Waals surface area contributed by atoms with Gasteiger partial charge in [-0.05, 0) is 12.8 Å². The lowest BCUT2D eigenvalue weighted by molar-refractivity contribution is -0.140. The first-order valence-electron chi connectivity index (χ1n) is 4.81. The molecule has 0 amide bonds. The van der Waals surface area contributed by atoms with Gasteiger partial charge in [-0.2, -0.15) is 0 Å². The van der Waals surface area contributed by atoms with Crippen LogP contribution in [0, 0.1) is 5.41 Å². The summed E-state index contributed by atoms with van der Waals surface area (Å²) in [5.41, 5.74) is 0.334. The lowest BCUT2D eigenvalue weighted by atomic mass is 9.76. The first-order chi connectivity index (χ1) is 6.43. The van der Waals surface area contributed by atoms with Gasteiger partial charge in [0.2, 0.25) is 0 Å². The maximum Gasteiger partial charge on any atom is 0.302 e. The molecule has 3 heteroatoms. The number of hydrogen-bond donors (Lipinski definition) is 0. The Morgan fingerprint density at radius 2 is 2.21 bits per heavy atom. The van der Waals surface area contributed by atoms with Gasteiger partial charge in [0, 0.05) is 17.9 Å². The highest BCUT2D eigenvalue weighted by Crippen LogP contribution is 2.31. The molecule has 0 atom stereocenters. The Balaban J connectivity index is 2.65. The van der Waals surface area contributed by atoms with Crippen molar-refractivity contribution in [3.05, 3.63) is 11.6 Å². The lowest BCUT2D eigenvalue weighted by Crippen LogP contribution is -2.30. The van der Waals surface area contributed by atoms with Crippen molar-refractivity contribution in [3.63, 3.8) is 0 Å². The van der Waals surface area contributed by atoms with Crippen molar-refractivity contribution in [1.29, 1.82) is 0 Å². The average molecular weight is 196 g/mol. The Kier molecular flexibility index (Phi) is 3.09. The van der Waals surface area contributed by atoms with Crippen molar-refractivity contribution in [3.8, 4) is 0 Å². The number of ether oxygens (including phenoxy) is 1. The van der Waals surface area contributed by atoms with Crippen LogP contribution in [0.3, 0.4) is 0 Å². The zero-order chi connectivity index (χ0) is 10.8. The van der Waals surface area contributed by atoms with E-state index in [9.17, 15) is 9.59 Å². The summed E-state index contributed by atoms with van der Waals surface area (Å²) in [5, 5.41) is 0. The number of rotatable bonds is 2. The number of allylic oxidation sites excluding steroid dienone is 1. The molecule has 0 saturated carbocycles. The third-order valence-electron chi connectivity index (χ3n) is 2.50. The monoisotopic (exact) mass is 196 g/mol. The van der Waals surface area contributed by atoms with E-state index in [0.29, 0.717) is 5.57 Å². The minimum atomic E-state index is -0.345. The van der Waals surface area contributed by atoms with Crippen LogP contribution in [-0.4, -0.2) is 18.4 Å². The van der Waals surface area contributed by atoms with E-state index in [-0.39, 0.29) is 23.8 Å². The van der Waals surface area contributed by atoms with E-state index in [4.69, 9.17) is 4.74 Å². The van der Waals surface area contributed by atoms with Gasteiger partial charge in [-0.25, -0.2) is 0 Å². The molecule has 0 aromatic heterocycles. The predicted molar refractivity (Wildman–Crippen MR) is 52.7 cm³/mol. The number of carbonyl (C=O) groups is 2. The molecule has 3 nitrogen and oxygen atoms in total. The zero-order valence-electron chi connectivity index (χ0n) is 8.92. The number of esters is 1. The summed E-state index contributed by atoms with van der Waals surface area (Å²) in [7, 11) is 0. The highest BCUT2D eigenvalue weighted by molar-refractivity contribution is 6.00. The Bertz CT molecular complexity index is 287. The number of carbonyl (C=O) groups excluding carboxylic acids is 2. The Labute approximate surface area is 84.1 Å². The second-order valence-corrected chi connectivity index (χ2v) is 4.26. The molecular formula is C11H16O3. The van der Waals surface area contributed by atoms with Gasteiger partial charge < -0.3 is 4.74 Å². The first-order valence-corrected chi connectivity index (χ1v) is 4.81. The van der Waals surface area contributed by atoms with Crippen molar-refractivity contribution >= 4 is 11.8 Å². The smallest absolute Gasteiger partial charge is 0.302 e. The molecule has 0 heterocycles. The van der Waals surface area contributed by atoms with Gasteiger partial charge >= 0.3 is 5.97 Å². The number of Topliss-reactive ketones (excluding diaryl/α,β-unsaturated/α-hetero) is 1. The van der Waals surface area contributed by atoms with Crippen molar-refractivity contribution in [2.24, 2.45) is 5.41 Å². The van der Waals surface area contributed by atoms with Crippen LogP contribution < -0.4 is 0 Å². The van der Waals surface area contributed by atoms with Gasteiger partial charge in [-0.3, -0.25) is 9.59 Å². The Morgan fingerprint density at radius 1 is 1.57 bits per heavy atom. The molecule has 0 bridgehead atoms. The van der Waals surface area contributed by atoms with Gasteiger partial charge in [0.25, 0.3) is 0 Å². The minimum absolute atomic E-state index is 0.102. The largest absolute Gasteiger partial charge is 0.461 e. The molecule has 1 aliphatic carbocycles. The molecular weight excluding hydrogens is 180 g/mol. The van der Waals surface area contributed by atoms with Crippen LogP contribution in [0.2, 0.25) is 0 Å². The molecule has 0 aromatic rings. The molecule has 0 radical (unpaired) electrons. The highest BCUT2D eigenvalue weighted by Gasteiger charge is 2.32. The molecule has 1 aliphatic rings. The molecule has 0 aromatic carbocycles. The summed E-state index contributed by atoms with van der Waals surface area (Å²) in [5.74, 6) is -0.243. The van der Waals surface area contributed by atoms with E-state index < -0.39 is 0 Å². The first kappa shape index (κ1) is 11.0. The molecule has 14 heavy (non-hydrogen) atoms. The van der Waals surface area contributed by atoms with E-state index in [1.807, 2.05) is 19.9 Å². The maximum absolute atomic E-state index is 11.8. The fraction of sp³-hybridized carbons (Fsp3) is 0.636. The molecule has 78 valence electrons. The fourth-order valence-corrected chi connectivity index (χ4v) is 1.55. The van der Waals surface area contributed by atoms with Crippen LogP contribution >= 0.6 is 0 Å². The van der Waals surface area contributed by atoms with E-state index in [2.05, 4.69) is 0 Å². The zero-order valence-corrected chi connectivity index (χ0v) is 8.92. The second-order valence-electron chi connectivity index (χ2n) is 4.26. The Hall–Kier alpha value is -1.12. The normalized spacial score (nSPS) is 20.2. The molecule has 1 rings (SSSR count). The van der Waals surface area contributed by atoms with Gasteiger partial charge in [0.15, 0.2) is 5.78 Å². The van der Waals surface area contributed by atoms with E-state index in [1.54, 1.807) is 0 Å². The number of hydrogen-bond acceptors (Lipinski definition) is 3. The minimum Gasteiger partial charge on any atom is -0.461 e. The average Bonchev–Trinajstić information content (AvgIpc) is 2.07. The van der Waals surface area contributed by atoms with Gasteiger partial charge in [0.05, 0.1) is 0 Å². The van der Waals surface area contributed by atoms with Crippen molar-refractivity contribution in [2.45, 2.75) is 33.6 Å². The van der Waals surface area contributed by atoms with Crippen LogP contribution in [0.4, 0.5) is 0 Å². The van der Waals surface area contributed by atoms with Crippen LogP contribution in [0.5, 0.6) is 0 Å². The molecule has 0 unspecified atom stereocenters. The molecule has 0 fully saturated rings. The molecule has 0 aliphatic heterocycles. The summed E-state index contributed by atoms with van der Waals surface area (Å²) in [4.78, 5) is 22.4. The van der Waals surface area contributed by atoms with Gasteiger partial charge in [-0.1, -0.05) is 19.9 Å². The quantitative estimate of drug-likeness (QED) is 0.633. The summed E-state index contributed by atoms with van der Waals surface area (Å²) in [6, 6.07) is 0. The van der Waals surface area contributed by atoms with Crippen molar-refractivity contribution in [1.82, 2.24) is 0 Å². The lowest BCUT2D eigenvalue weighted by Gasteiger charge is -2.27. The van der Waals surface area contributed by atoms with Crippen LogP contribution in [0.25, 0.3) is 0 Å². The molecule has 0 saturated heterocycles. The van der Waals surface area contributed by atoms with Crippen molar-refractivity contribution in [2.75, 3.05) is 6.61 Å². The maximum atomic E-state index is 11.8. The van der Waals surface area contributed by atoms with Crippen LogP contribution in [0.15, 0.2) is 11.6 Å². The van der Waals surface area contributed by atoms with Gasteiger partial charge in [-0.15, -0.1) is 0 Å². The molecule has 0 N–H and O–H groups in total. The third kappa shape index (κ3) is 2.44. The van der Waals surface area contributed by atoms with E-state index in [1.165, 1.54) is 6.92 Å². The topological polar surface area (TPSA) is 43.4 Å². The summed E-state index contributed by atoms with van der Waals surface area (Å²) >= 11 is 0. The third-order valence-corrected chi connectivity index (χ3v) is 2.50. The predicted octanol–water partition coefficient (Wildman–Crippen LogP) is 1.86. The summed E-state index contributed by atoms with van der Waals surface area (Å²) in [6.07, 6.45) is 3.63. The Morgan fingerprint density at radius 3 is 2.79 bits per heavy atom. The number of ketones is 1.